The molecule has 0 amide bonds. The number of rotatable bonds is 8. The number of hydrogen-bond donors (Lipinski definition) is 2. The maximum absolute atomic E-state index is 11.5. The molecule has 154 valence electrons. The van der Waals surface area contributed by atoms with Crippen molar-refractivity contribution in [1.29, 1.82) is 0 Å². The van der Waals surface area contributed by atoms with Gasteiger partial charge in [0.15, 0.2) is 15.8 Å². The molecule has 2 N–H and O–H groups in total. The number of likely N-dealkylation sites (tertiary alicyclic amines) is 1. The first-order valence-electron chi connectivity index (χ1n) is 9.41. The van der Waals surface area contributed by atoms with E-state index in [-0.39, 0.29) is 24.0 Å². The summed E-state index contributed by atoms with van der Waals surface area (Å²) in [5.41, 5.74) is 1.10. The van der Waals surface area contributed by atoms with Gasteiger partial charge in [-0.3, -0.25) is 9.89 Å². The van der Waals surface area contributed by atoms with E-state index in [0.29, 0.717) is 10.9 Å². The molecule has 2 rings (SSSR count). The van der Waals surface area contributed by atoms with E-state index in [9.17, 15) is 8.42 Å². The first kappa shape index (κ1) is 24.2. The Kier molecular flexibility index (Phi) is 10.6. The second-order valence-electron chi connectivity index (χ2n) is 6.85. The molecule has 1 unspecified atom stereocenters. The molecule has 1 aromatic carbocycles. The second-order valence-corrected chi connectivity index (χ2v) is 8.87. The molecule has 0 radical (unpaired) electrons. The van der Waals surface area contributed by atoms with Gasteiger partial charge >= 0.3 is 0 Å². The van der Waals surface area contributed by atoms with Crippen molar-refractivity contribution in [2.24, 2.45) is 4.99 Å². The van der Waals surface area contributed by atoms with Gasteiger partial charge in [-0.05, 0) is 56.5 Å². The van der Waals surface area contributed by atoms with Gasteiger partial charge in [-0.15, -0.1) is 24.0 Å². The van der Waals surface area contributed by atoms with Crippen LogP contribution in [0, 0.1) is 0 Å². The summed E-state index contributed by atoms with van der Waals surface area (Å²) in [4.78, 5) is 7.21. The first-order chi connectivity index (χ1) is 12.4. The molecule has 0 bridgehead atoms. The SMILES string of the molecule is CCC(CNC(=NC)NCCc1ccc(S(C)(=O)=O)cc1)N1CCCC1.I. The lowest BCUT2D eigenvalue weighted by atomic mass is 10.1. The van der Waals surface area contributed by atoms with Gasteiger partial charge in [0.1, 0.15) is 0 Å². The van der Waals surface area contributed by atoms with E-state index in [2.05, 4.69) is 27.4 Å². The molecule has 8 heteroatoms. The second kappa shape index (κ2) is 11.9. The predicted octanol–water partition coefficient (Wildman–Crippen LogP) is 2.29. The molecule has 1 aromatic rings. The van der Waals surface area contributed by atoms with Gasteiger partial charge in [0.25, 0.3) is 0 Å². The first-order valence-corrected chi connectivity index (χ1v) is 11.3. The van der Waals surface area contributed by atoms with Crippen LogP contribution in [0.3, 0.4) is 0 Å². The number of nitrogens with one attached hydrogen (secondary N) is 2. The third-order valence-corrected chi connectivity index (χ3v) is 6.04. The fourth-order valence-corrected chi connectivity index (χ4v) is 3.93. The summed E-state index contributed by atoms with van der Waals surface area (Å²) in [5.74, 6) is 0.815. The minimum Gasteiger partial charge on any atom is -0.356 e. The number of benzene rings is 1. The molecule has 1 saturated heterocycles. The zero-order valence-corrected chi connectivity index (χ0v) is 19.7. The number of halogens is 1. The molecule has 0 aromatic heterocycles. The average Bonchev–Trinajstić information content (AvgIpc) is 3.15. The maximum atomic E-state index is 11.5. The molecule has 0 saturated carbocycles. The summed E-state index contributed by atoms with van der Waals surface area (Å²) < 4.78 is 23.0. The van der Waals surface area contributed by atoms with E-state index >= 15 is 0 Å². The van der Waals surface area contributed by atoms with Gasteiger partial charge in [0, 0.05) is 32.4 Å². The third kappa shape index (κ3) is 7.95. The minimum absolute atomic E-state index is 0. The summed E-state index contributed by atoms with van der Waals surface area (Å²) in [6, 6.07) is 7.63. The van der Waals surface area contributed by atoms with Crippen LogP contribution in [0.4, 0.5) is 0 Å². The van der Waals surface area contributed by atoms with Crippen LogP contribution in [-0.4, -0.2) is 64.8 Å². The smallest absolute Gasteiger partial charge is 0.191 e. The van der Waals surface area contributed by atoms with Crippen LogP contribution in [-0.2, 0) is 16.3 Å². The van der Waals surface area contributed by atoms with Gasteiger partial charge in [-0.1, -0.05) is 19.1 Å². The summed E-state index contributed by atoms with van der Waals surface area (Å²) in [6.45, 7) is 6.30. The van der Waals surface area contributed by atoms with Crippen molar-refractivity contribution < 1.29 is 8.42 Å². The number of guanidine groups is 1. The number of hydrogen-bond acceptors (Lipinski definition) is 4. The summed E-state index contributed by atoms with van der Waals surface area (Å²) >= 11 is 0. The molecule has 1 aliphatic rings. The molecule has 1 fully saturated rings. The molecule has 1 heterocycles. The van der Waals surface area contributed by atoms with Crippen LogP contribution in [0.1, 0.15) is 31.7 Å². The number of sulfone groups is 1. The van der Waals surface area contributed by atoms with E-state index in [0.717, 1.165) is 37.5 Å². The van der Waals surface area contributed by atoms with Crippen LogP contribution in [0.15, 0.2) is 34.2 Å². The Morgan fingerprint density at radius 1 is 1.19 bits per heavy atom. The Labute approximate surface area is 181 Å². The van der Waals surface area contributed by atoms with E-state index in [4.69, 9.17) is 0 Å². The number of nitrogens with zero attached hydrogens (tertiary/aromatic N) is 2. The van der Waals surface area contributed by atoms with Gasteiger partial charge in [-0.2, -0.15) is 0 Å². The van der Waals surface area contributed by atoms with Crippen molar-refractivity contribution in [2.45, 2.75) is 43.5 Å². The summed E-state index contributed by atoms with van der Waals surface area (Å²) in [6.07, 6.45) is 5.79. The summed E-state index contributed by atoms with van der Waals surface area (Å²) in [7, 11) is -1.35. The van der Waals surface area contributed by atoms with E-state index in [1.165, 1.54) is 32.2 Å². The molecular formula is C19H33IN4O2S. The van der Waals surface area contributed by atoms with E-state index in [1.807, 2.05) is 12.1 Å². The van der Waals surface area contributed by atoms with E-state index in [1.54, 1.807) is 19.2 Å². The van der Waals surface area contributed by atoms with Crippen molar-refractivity contribution in [2.75, 3.05) is 39.5 Å². The highest BCUT2D eigenvalue weighted by atomic mass is 127. The zero-order valence-electron chi connectivity index (χ0n) is 16.6. The van der Waals surface area contributed by atoms with Crippen molar-refractivity contribution in [3.05, 3.63) is 29.8 Å². The van der Waals surface area contributed by atoms with Gasteiger partial charge in [0.2, 0.25) is 0 Å². The van der Waals surface area contributed by atoms with Gasteiger partial charge in [-0.25, -0.2) is 8.42 Å². The Hall–Kier alpha value is -0.870. The van der Waals surface area contributed by atoms with Gasteiger partial charge < -0.3 is 10.6 Å². The number of aliphatic imine (C=N–C) groups is 1. The monoisotopic (exact) mass is 508 g/mol. The van der Waals surface area contributed by atoms with Crippen LogP contribution in [0.2, 0.25) is 0 Å². The molecular weight excluding hydrogens is 475 g/mol. The topological polar surface area (TPSA) is 73.8 Å². The normalized spacial score (nSPS) is 16.6. The van der Waals surface area contributed by atoms with Gasteiger partial charge in [0.05, 0.1) is 4.90 Å². The highest BCUT2D eigenvalue weighted by molar-refractivity contribution is 14.0. The Morgan fingerprint density at radius 2 is 1.81 bits per heavy atom. The molecule has 0 spiro atoms. The van der Waals surface area contributed by atoms with Crippen LogP contribution in [0.25, 0.3) is 0 Å². The fraction of sp³-hybridized carbons (Fsp3) is 0.632. The molecule has 1 aliphatic heterocycles. The quantitative estimate of drug-likeness (QED) is 0.320. The fourth-order valence-electron chi connectivity index (χ4n) is 3.30. The lowest BCUT2D eigenvalue weighted by Gasteiger charge is -2.27. The lowest BCUT2D eigenvalue weighted by molar-refractivity contribution is 0.236. The van der Waals surface area contributed by atoms with Crippen molar-refractivity contribution in [1.82, 2.24) is 15.5 Å². The average molecular weight is 508 g/mol. The third-order valence-electron chi connectivity index (χ3n) is 4.91. The van der Waals surface area contributed by atoms with Crippen LogP contribution in [0.5, 0.6) is 0 Å². The van der Waals surface area contributed by atoms with Crippen molar-refractivity contribution in [3.63, 3.8) is 0 Å². The van der Waals surface area contributed by atoms with Crippen molar-refractivity contribution >= 4 is 39.8 Å². The zero-order chi connectivity index (χ0) is 19.0. The Morgan fingerprint density at radius 3 is 2.33 bits per heavy atom. The van der Waals surface area contributed by atoms with Crippen LogP contribution >= 0.6 is 24.0 Å². The lowest BCUT2D eigenvalue weighted by Crippen LogP contribution is -2.46. The summed E-state index contributed by atoms with van der Waals surface area (Å²) in [5, 5.41) is 6.77. The minimum atomic E-state index is -3.13. The standard InChI is InChI=1S/C19H32N4O2S.HI/c1-4-17(23-13-5-6-14-23)15-22-19(20-2)21-12-11-16-7-9-18(10-8-16)26(3,24)25;/h7-10,17H,4-6,11-15H2,1-3H3,(H2,20,21,22);1H. The molecule has 0 aliphatic carbocycles. The maximum Gasteiger partial charge on any atom is 0.191 e. The largest absolute Gasteiger partial charge is 0.356 e. The highest BCUT2D eigenvalue weighted by Crippen LogP contribution is 2.13. The molecule has 1 atom stereocenters. The Bertz CT molecular complexity index is 686. The predicted molar refractivity (Wildman–Crippen MR) is 123 cm³/mol. The van der Waals surface area contributed by atoms with Crippen LogP contribution < -0.4 is 10.6 Å². The molecule has 27 heavy (non-hydrogen) atoms. The highest BCUT2D eigenvalue weighted by Gasteiger charge is 2.20. The molecule has 6 nitrogen and oxygen atoms in total. The van der Waals surface area contributed by atoms with E-state index < -0.39 is 9.84 Å². The Balaban J connectivity index is 0.00000364. The van der Waals surface area contributed by atoms with Crippen molar-refractivity contribution in [3.8, 4) is 0 Å².